The van der Waals surface area contributed by atoms with Gasteiger partial charge in [0, 0.05) is 12.2 Å². The zero-order chi connectivity index (χ0) is 8.81. The van der Waals surface area contributed by atoms with Gasteiger partial charge in [-0.3, -0.25) is 0 Å². The molecule has 0 heterocycles. The first-order valence-corrected chi connectivity index (χ1v) is 4.41. The quantitative estimate of drug-likeness (QED) is 0.717. The minimum absolute atomic E-state index is 0.529. The second-order valence-electron chi connectivity index (χ2n) is 3.19. The van der Waals surface area contributed by atoms with E-state index in [-0.39, 0.29) is 0 Å². The smallest absolute Gasteiger partial charge is 0.0340 e. The first-order chi connectivity index (χ1) is 5.79. The van der Waals surface area contributed by atoms with Crippen LogP contribution in [-0.4, -0.2) is 6.54 Å². The molecule has 1 nitrogen and oxygen atoms in total. The van der Waals surface area contributed by atoms with Crippen molar-refractivity contribution in [3.63, 3.8) is 0 Å². The lowest BCUT2D eigenvalue weighted by molar-refractivity contribution is 0.669. The van der Waals surface area contributed by atoms with Crippen molar-refractivity contribution in [1.29, 1.82) is 0 Å². The van der Waals surface area contributed by atoms with Gasteiger partial charge in [0.05, 0.1) is 0 Å². The molecular formula is C11H16N. The molecule has 0 aliphatic heterocycles. The lowest BCUT2D eigenvalue weighted by atomic mass is 10.1. The Labute approximate surface area is 74.8 Å². The summed E-state index contributed by atoms with van der Waals surface area (Å²) in [5.41, 5.74) is 1.19. The summed E-state index contributed by atoms with van der Waals surface area (Å²) in [6.45, 7) is 7.07. The molecule has 0 amide bonds. The van der Waals surface area contributed by atoms with Crippen LogP contribution in [0.4, 0.5) is 5.69 Å². The third kappa shape index (κ3) is 3.42. The first-order valence-electron chi connectivity index (χ1n) is 4.41. The first kappa shape index (κ1) is 9.11. The Balaban J connectivity index is 2.25. The summed E-state index contributed by atoms with van der Waals surface area (Å²) in [5, 5.41) is 3.34. The predicted octanol–water partition coefficient (Wildman–Crippen LogP) is 2.96. The standard InChI is InChI=1S/C11H16N/c1-10(2)8-9-12-11-6-4-3-5-7-11/h3-7,10,12H,1,8-9H2,2H3. The van der Waals surface area contributed by atoms with Crippen molar-refractivity contribution in [2.75, 3.05) is 11.9 Å². The van der Waals surface area contributed by atoms with E-state index < -0.39 is 0 Å². The van der Waals surface area contributed by atoms with E-state index in [0.29, 0.717) is 5.92 Å². The third-order valence-corrected chi connectivity index (χ3v) is 1.74. The Morgan fingerprint density at radius 2 is 2.00 bits per heavy atom. The van der Waals surface area contributed by atoms with E-state index >= 15 is 0 Å². The second-order valence-corrected chi connectivity index (χ2v) is 3.19. The van der Waals surface area contributed by atoms with Gasteiger partial charge in [-0.2, -0.15) is 0 Å². The number of para-hydroxylation sites is 1. The van der Waals surface area contributed by atoms with Gasteiger partial charge in [-0.25, -0.2) is 0 Å². The van der Waals surface area contributed by atoms with Crippen molar-refractivity contribution >= 4 is 5.69 Å². The predicted molar refractivity (Wildman–Crippen MR) is 54.1 cm³/mol. The lowest BCUT2D eigenvalue weighted by Crippen LogP contribution is -2.04. The number of hydrogen-bond donors (Lipinski definition) is 1. The van der Waals surface area contributed by atoms with Gasteiger partial charge in [0.1, 0.15) is 0 Å². The van der Waals surface area contributed by atoms with E-state index in [4.69, 9.17) is 0 Å². The Hall–Kier alpha value is -0.980. The minimum atomic E-state index is 0.529. The molecule has 1 aromatic rings. The molecule has 12 heavy (non-hydrogen) atoms. The molecule has 0 aromatic heterocycles. The van der Waals surface area contributed by atoms with E-state index in [1.807, 2.05) is 18.2 Å². The zero-order valence-corrected chi connectivity index (χ0v) is 7.59. The van der Waals surface area contributed by atoms with Crippen LogP contribution < -0.4 is 5.32 Å². The van der Waals surface area contributed by atoms with Gasteiger partial charge in [-0.15, -0.1) is 0 Å². The summed E-state index contributed by atoms with van der Waals surface area (Å²) in [6.07, 6.45) is 1.12. The molecule has 1 N–H and O–H groups in total. The summed E-state index contributed by atoms with van der Waals surface area (Å²) in [5.74, 6) is 0.529. The fourth-order valence-corrected chi connectivity index (χ4v) is 1.02. The highest BCUT2D eigenvalue weighted by molar-refractivity contribution is 5.42. The molecule has 65 valence electrons. The molecule has 1 aromatic carbocycles. The van der Waals surface area contributed by atoms with Crippen molar-refractivity contribution in [2.24, 2.45) is 5.92 Å². The topological polar surface area (TPSA) is 12.0 Å². The monoisotopic (exact) mass is 162 g/mol. The zero-order valence-electron chi connectivity index (χ0n) is 7.59. The van der Waals surface area contributed by atoms with Crippen molar-refractivity contribution < 1.29 is 0 Å². The summed E-state index contributed by atoms with van der Waals surface area (Å²) in [6, 6.07) is 10.3. The summed E-state index contributed by atoms with van der Waals surface area (Å²) in [7, 11) is 0. The third-order valence-electron chi connectivity index (χ3n) is 1.74. The van der Waals surface area contributed by atoms with Crippen molar-refractivity contribution in [2.45, 2.75) is 13.3 Å². The van der Waals surface area contributed by atoms with Crippen LogP contribution in [0.2, 0.25) is 0 Å². The average Bonchev–Trinajstić information content (AvgIpc) is 2.05. The fraction of sp³-hybridized carbons (Fsp3) is 0.364. The van der Waals surface area contributed by atoms with Crippen LogP contribution in [0, 0.1) is 12.8 Å². The SMILES string of the molecule is [CH2]C(C)CCNc1ccccc1. The molecule has 1 unspecified atom stereocenters. The Kier molecular flexibility index (Phi) is 3.65. The molecular weight excluding hydrogens is 146 g/mol. The van der Waals surface area contributed by atoms with Crippen LogP contribution in [0.5, 0.6) is 0 Å². The largest absolute Gasteiger partial charge is 0.385 e. The molecule has 0 fully saturated rings. The molecule has 0 aliphatic rings. The molecule has 1 heteroatoms. The number of hydrogen-bond acceptors (Lipinski definition) is 1. The Morgan fingerprint density at radius 1 is 1.33 bits per heavy atom. The van der Waals surface area contributed by atoms with Crippen LogP contribution in [0.3, 0.4) is 0 Å². The van der Waals surface area contributed by atoms with E-state index in [1.54, 1.807) is 0 Å². The van der Waals surface area contributed by atoms with Gasteiger partial charge in [0.25, 0.3) is 0 Å². The highest BCUT2D eigenvalue weighted by atomic mass is 14.9. The van der Waals surface area contributed by atoms with Crippen LogP contribution in [0.1, 0.15) is 13.3 Å². The molecule has 0 bridgehead atoms. The maximum Gasteiger partial charge on any atom is 0.0340 e. The van der Waals surface area contributed by atoms with Crippen LogP contribution in [0.25, 0.3) is 0 Å². The van der Waals surface area contributed by atoms with Crippen molar-refractivity contribution in [3.8, 4) is 0 Å². The van der Waals surface area contributed by atoms with Crippen LogP contribution >= 0.6 is 0 Å². The van der Waals surface area contributed by atoms with Gasteiger partial charge in [0.2, 0.25) is 0 Å². The molecule has 0 saturated heterocycles. The molecule has 1 radical (unpaired) electrons. The summed E-state index contributed by atoms with van der Waals surface area (Å²) < 4.78 is 0. The molecule has 0 spiro atoms. The summed E-state index contributed by atoms with van der Waals surface area (Å²) in [4.78, 5) is 0. The fourth-order valence-electron chi connectivity index (χ4n) is 1.02. The molecule has 1 atom stereocenters. The van der Waals surface area contributed by atoms with Gasteiger partial charge in [-0.05, 0) is 24.5 Å². The highest BCUT2D eigenvalue weighted by Gasteiger charge is 1.93. The maximum absolute atomic E-state index is 3.93. The van der Waals surface area contributed by atoms with E-state index in [0.717, 1.165) is 13.0 Å². The molecule has 1 rings (SSSR count). The Morgan fingerprint density at radius 3 is 2.58 bits per heavy atom. The summed E-state index contributed by atoms with van der Waals surface area (Å²) >= 11 is 0. The van der Waals surface area contributed by atoms with Crippen LogP contribution in [0.15, 0.2) is 30.3 Å². The lowest BCUT2D eigenvalue weighted by Gasteiger charge is -2.07. The van der Waals surface area contributed by atoms with Gasteiger partial charge in [0.15, 0.2) is 0 Å². The number of benzene rings is 1. The van der Waals surface area contributed by atoms with E-state index in [2.05, 4.69) is 31.3 Å². The van der Waals surface area contributed by atoms with Crippen molar-refractivity contribution in [1.82, 2.24) is 0 Å². The number of nitrogens with one attached hydrogen (secondary N) is 1. The second kappa shape index (κ2) is 4.81. The van der Waals surface area contributed by atoms with E-state index in [9.17, 15) is 0 Å². The van der Waals surface area contributed by atoms with Crippen LogP contribution in [-0.2, 0) is 0 Å². The maximum atomic E-state index is 3.93. The van der Waals surface area contributed by atoms with E-state index in [1.165, 1.54) is 5.69 Å². The van der Waals surface area contributed by atoms with Gasteiger partial charge < -0.3 is 5.32 Å². The molecule has 0 saturated carbocycles. The average molecular weight is 162 g/mol. The number of anilines is 1. The molecule has 0 aliphatic carbocycles. The number of rotatable bonds is 4. The Bertz CT molecular complexity index is 204. The normalized spacial score (nSPS) is 10.2. The highest BCUT2D eigenvalue weighted by Crippen LogP contribution is 2.06. The van der Waals surface area contributed by atoms with Crippen molar-refractivity contribution in [3.05, 3.63) is 37.3 Å². The van der Waals surface area contributed by atoms with Gasteiger partial charge >= 0.3 is 0 Å². The minimum Gasteiger partial charge on any atom is -0.385 e. The van der Waals surface area contributed by atoms with Gasteiger partial charge in [-0.1, -0.05) is 32.0 Å².